The number of aryl methyl sites for hydroxylation is 1. The fraction of sp³-hybridized carbons (Fsp3) is 0.222. The minimum Gasteiger partial charge on any atom is -0.0760 e. The zero-order valence-electron chi connectivity index (χ0n) is 10.8. The highest BCUT2D eigenvalue weighted by Crippen LogP contribution is 2.47. The van der Waals surface area contributed by atoms with Crippen molar-refractivity contribution in [3.8, 4) is 0 Å². The van der Waals surface area contributed by atoms with Crippen molar-refractivity contribution in [3.63, 3.8) is 0 Å². The van der Waals surface area contributed by atoms with Crippen molar-refractivity contribution < 1.29 is 0 Å². The molecule has 0 aromatic heterocycles. The molecule has 1 aromatic carbocycles. The Kier molecular flexibility index (Phi) is 1.89. The average molecular weight is 232 g/mol. The van der Waals surface area contributed by atoms with Crippen LogP contribution in [-0.2, 0) is 0 Å². The average Bonchev–Trinajstić information content (AvgIpc) is 2.34. The Labute approximate surface area is 108 Å². The SMILES string of the molecule is CC1=CC2C=Cc3cc(C)cc4c3C2C(=C1)C=C4. The second-order valence-electron chi connectivity index (χ2n) is 5.66. The van der Waals surface area contributed by atoms with E-state index in [9.17, 15) is 0 Å². The van der Waals surface area contributed by atoms with Crippen molar-refractivity contribution in [2.45, 2.75) is 19.8 Å². The van der Waals surface area contributed by atoms with Gasteiger partial charge >= 0.3 is 0 Å². The van der Waals surface area contributed by atoms with E-state index in [0.29, 0.717) is 11.8 Å². The number of allylic oxidation sites excluding steroid dienone is 6. The monoisotopic (exact) mass is 232 g/mol. The summed E-state index contributed by atoms with van der Waals surface area (Å²) in [4.78, 5) is 0. The molecule has 1 aromatic rings. The summed E-state index contributed by atoms with van der Waals surface area (Å²) >= 11 is 0. The van der Waals surface area contributed by atoms with Crippen molar-refractivity contribution in [2.75, 3.05) is 0 Å². The van der Waals surface area contributed by atoms with Crippen LogP contribution in [0.3, 0.4) is 0 Å². The van der Waals surface area contributed by atoms with E-state index >= 15 is 0 Å². The maximum Gasteiger partial charge on any atom is 0.0199 e. The first kappa shape index (κ1) is 10.1. The molecule has 3 aliphatic carbocycles. The van der Waals surface area contributed by atoms with Crippen LogP contribution in [0, 0.1) is 12.8 Å². The maximum absolute atomic E-state index is 2.40. The zero-order chi connectivity index (χ0) is 12.3. The quantitative estimate of drug-likeness (QED) is 0.611. The number of hydrogen-bond donors (Lipinski definition) is 0. The normalized spacial score (nSPS) is 26.6. The second kappa shape index (κ2) is 3.35. The Morgan fingerprint density at radius 2 is 1.72 bits per heavy atom. The Morgan fingerprint density at radius 3 is 2.56 bits per heavy atom. The van der Waals surface area contributed by atoms with E-state index in [-0.39, 0.29) is 0 Å². The highest BCUT2D eigenvalue weighted by atomic mass is 14.4. The lowest BCUT2D eigenvalue weighted by Gasteiger charge is -2.36. The van der Waals surface area contributed by atoms with Crippen LogP contribution in [0.15, 0.2) is 47.6 Å². The largest absolute Gasteiger partial charge is 0.0760 e. The topological polar surface area (TPSA) is 0 Å². The predicted molar refractivity (Wildman–Crippen MR) is 77.3 cm³/mol. The molecule has 4 rings (SSSR count). The molecule has 3 aliphatic rings. The molecule has 18 heavy (non-hydrogen) atoms. The van der Waals surface area contributed by atoms with Crippen molar-refractivity contribution in [3.05, 3.63) is 69.8 Å². The first-order valence-electron chi connectivity index (χ1n) is 6.63. The van der Waals surface area contributed by atoms with Gasteiger partial charge in [-0.05, 0) is 41.7 Å². The molecular formula is C18H16. The Balaban J connectivity index is 2.04. The third kappa shape index (κ3) is 1.26. The summed E-state index contributed by atoms with van der Waals surface area (Å²) in [7, 11) is 0. The molecule has 88 valence electrons. The van der Waals surface area contributed by atoms with Crippen LogP contribution in [-0.4, -0.2) is 0 Å². The molecule has 0 radical (unpaired) electrons. The van der Waals surface area contributed by atoms with Crippen LogP contribution >= 0.6 is 0 Å². The van der Waals surface area contributed by atoms with Gasteiger partial charge in [0.1, 0.15) is 0 Å². The number of rotatable bonds is 0. The zero-order valence-corrected chi connectivity index (χ0v) is 10.8. The maximum atomic E-state index is 2.40. The van der Waals surface area contributed by atoms with E-state index in [1.807, 2.05) is 0 Å². The summed E-state index contributed by atoms with van der Waals surface area (Å²) in [5.74, 6) is 1.10. The van der Waals surface area contributed by atoms with Gasteiger partial charge in [0.05, 0.1) is 0 Å². The van der Waals surface area contributed by atoms with Gasteiger partial charge in [0, 0.05) is 11.8 Å². The highest BCUT2D eigenvalue weighted by Gasteiger charge is 2.32. The minimum absolute atomic E-state index is 0.545. The van der Waals surface area contributed by atoms with Crippen LogP contribution in [0.5, 0.6) is 0 Å². The fourth-order valence-electron chi connectivity index (χ4n) is 3.59. The lowest BCUT2D eigenvalue weighted by atomic mass is 9.68. The molecule has 0 bridgehead atoms. The molecule has 0 fully saturated rings. The third-order valence-corrected chi connectivity index (χ3v) is 4.25. The van der Waals surface area contributed by atoms with Gasteiger partial charge in [-0.2, -0.15) is 0 Å². The van der Waals surface area contributed by atoms with E-state index in [0.717, 1.165) is 0 Å². The molecule has 0 spiro atoms. The van der Waals surface area contributed by atoms with Crippen LogP contribution in [0.4, 0.5) is 0 Å². The van der Waals surface area contributed by atoms with Gasteiger partial charge in [-0.25, -0.2) is 0 Å². The lowest BCUT2D eigenvalue weighted by molar-refractivity contribution is 0.658. The minimum atomic E-state index is 0.545. The van der Waals surface area contributed by atoms with Gasteiger partial charge < -0.3 is 0 Å². The molecule has 0 nitrogen and oxygen atoms in total. The van der Waals surface area contributed by atoms with Crippen molar-refractivity contribution >= 4 is 12.2 Å². The van der Waals surface area contributed by atoms with Crippen molar-refractivity contribution in [1.82, 2.24) is 0 Å². The molecular weight excluding hydrogens is 216 g/mol. The van der Waals surface area contributed by atoms with E-state index in [4.69, 9.17) is 0 Å². The molecule has 0 heterocycles. The van der Waals surface area contributed by atoms with E-state index in [1.165, 1.54) is 33.4 Å². The van der Waals surface area contributed by atoms with Gasteiger partial charge in [0.25, 0.3) is 0 Å². The predicted octanol–water partition coefficient (Wildman–Crippen LogP) is 4.63. The fourth-order valence-corrected chi connectivity index (χ4v) is 3.59. The summed E-state index contributed by atoms with van der Waals surface area (Å²) < 4.78 is 0. The molecule has 0 N–H and O–H groups in total. The molecule has 2 atom stereocenters. The van der Waals surface area contributed by atoms with Crippen molar-refractivity contribution in [2.24, 2.45) is 5.92 Å². The lowest BCUT2D eigenvalue weighted by Crippen LogP contribution is -2.21. The van der Waals surface area contributed by atoms with Crippen LogP contribution in [0.1, 0.15) is 35.1 Å². The number of benzene rings is 1. The second-order valence-corrected chi connectivity index (χ2v) is 5.66. The van der Waals surface area contributed by atoms with Crippen LogP contribution in [0.25, 0.3) is 12.2 Å². The van der Waals surface area contributed by atoms with Gasteiger partial charge in [0.2, 0.25) is 0 Å². The van der Waals surface area contributed by atoms with Gasteiger partial charge in [-0.1, -0.05) is 54.2 Å². The molecule has 0 amide bonds. The first-order chi connectivity index (χ1) is 8.72. The molecule has 2 unspecified atom stereocenters. The summed E-state index contributed by atoms with van der Waals surface area (Å²) in [5, 5.41) is 0. The van der Waals surface area contributed by atoms with E-state index in [2.05, 4.69) is 62.4 Å². The summed E-state index contributed by atoms with van der Waals surface area (Å²) in [6.07, 6.45) is 14.0. The van der Waals surface area contributed by atoms with Gasteiger partial charge in [-0.3, -0.25) is 0 Å². The third-order valence-electron chi connectivity index (χ3n) is 4.25. The van der Waals surface area contributed by atoms with Crippen LogP contribution in [0.2, 0.25) is 0 Å². The van der Waals surface area contributed by atoms with E-state index in [1.54, 1.807) is 0 Å². The van der Waals surface area contributed by atoms with Gasteiger partial charge in [0.15, 0.2) is 0 Å². The summed E-state index contributed by atoms with van der Waals surface area (Å²) in [5.41, 5.74) is 8.57. The van der Waals surface area contributed by atoms with Crippen LogP contribution < -0.4 is 0 Å². The first-order valence-corrected chi connectivity index (χ1v) is 6.63. The molecule has 0 aliphatic heterocycles. The standard InChI is InChI=1S/C18H16/c1-11-7-13-3-5-15-9-12(2)10-16-6-4-14(8-11)17(13)18(15)16/h3-10,13,17H,1-2H3. The Bertz CT molecular complexity index is 666. The smallest absolute Gasteiger partial charge is 0.0199 e. The Hall–Kier alpha value is -1.82. The summed E-state index contributed by atoms with van der Waals surface area (Å²) in [6, 6.07) is 4.63. The van der Waals surface area contributed by atoms with Crippen molar-refractivity contribution in [1.29, 1.82) is 0 Å². The Morgan fingerprint density at radius 1 is 0.944 bits per heavy atom. The summed E-state index contributed by atoms with van der Waals surface area (Å²) in [6.45, 7) is 4.38. The number of hydrogen-bond acceptors (Lipinski definition) is 0. The molecule has 0 heteroatoms. The highest BCUT2D eigenvalue weighted by molar-refractivity contribution is 5.75. The van der Waals surface area contributed by atoms with Gasteiger partial charge in [-0.15, -0.1) is 0 Å². The molecule has 0 saturated carbocycles. The van der Waals surface area contributed by atoms with E-state index < -0.39 is 0 Å². The molecule has 0 saturated heterocycles.